The molecule has 0 heterocycles. The first-order valence-electron chi connectivity index (χ1n) is 11.0. The van der Waals surface area contributed by atoms with Crippen LogP contribution in [-0.2, 0) is 4.79 Å². The number of rotatable bonds is 18. The van der Waals surface area contributed by atoms with E-state index in [0.29, 0.717) is 19.3 Å². The molecule has 0 radical (unpaired) electrons. The molecule has 0 aliphatic carbocycles. The van der Waals surface area contributed by atoms with Crippen LogP contribution in [0.4, 0.5) is 0 Å². The van der Waals surface area contributed by atoms with Gasteiger partial charge in [0.15, 0.2) is 0 Å². The second kappa shape index (κ2) is 15.8. The molecule has 2 unspecified atom stereocenters. The SMILES string of the molecule is CCCCCCCCCCCCCCCC(=O)C(CC)C(N)(O)CC. The third-order valence-corrected chi connectivity index (χ3v) is 5.49. The maximum atomic E-state index is 12.2. The molecule has 0 saturated carbocycles. The minimum atomic E-state index is -1.33. The van der Waals surface area contributed by atoms with Gasteiger partial charge in [0.25, 0.3) is 0 Å². The predicted octanol–water partition coefficient (Wildman–Crippen LogP) is 6.12. The molecule has 3 heteroatoms. The van der Waals surface area contributed by atoms with Crippen LogP contribution in [0.5, 0.6) is 0 Å². The Bertz CT molecular complexity index is 315. The minimum absolute atomic E-state index is 0.137. The van der Waals surface area contributed by atoms with E-state index < -0.39 is 11.6 Å². The van der Waals surface area contributed by atoms with Crippen LogP contribution in [0.15, 0.2) is 0 Å². The van der Waals surface area contributed by atoms with Crippen LogP contribution in [-0.4, -0.2) is 16.6 Å². The van der Waals surface area contributed by atoms with Crippen molar-refractivity contribution in [3.63, 3.8) is 0 Å². The lowest BCUT2D eigenvalue weighted by Crippen LogP contribution is -2.49. The Kier molecular flexibility index (Phi) is 15.6. The number of carbonyl (C=O) groups excluding carboxylic acids is 1. The largest absolute Gasteiger partial charge is 0.375 e. The van der Waals surface area contributed by atoms with E-state index in [9.17, 15) is 9.90 Å². The van der Waals surface area contributed by atoms with Gasteiger partial charge < -0.3 is 10.8 Å². The van der Waals surface area contributed by atoms with Crippen LogP contribution in [0.3, 0.4) is 0 Å². The number of hydrogen-bond donors (Lipinski definition) is 2. The summed E-state index contributed by atoms with van der Waals surface area (Å²) in [6.45, 7) is 6.03. The van der Waals surface area contributed by atoms with E-state index in [1.54, 1.807) is 0 Å². The second-order valence-electron chi connectivity index (χ2n) is 7.76. The van der Waals surface area contributed by atoms with Crippen molar-refractivity contribution in [2.75, 3.05) is 0 Å². The Morgan fingerprint density at radius 3 is 1.56 bits per heavy atom. The van der Waals surface area contributed by atoms with Crippen LogP contribution in [0.1, 0.15) is 124 Å². The Morgan fingerprint density at radius 2 is 1.20 bits per heavy atom. The van der Waals surface area contributed by atoms with Crippen LogP contribution >= 0.6 is 0 Å². The lowest BCUT2D eigenvalue weighted by Gasteiger charge is -2.29. The summed E-state index contributed by atoms with van der Waals surface area (Å²) in [5, 5.41) is 10.1. The fourth-order valence-electron chi connectivity index (χ4n) is 3.60. The first kappa shape index (κ1) is 24.6. The molecule has 0 aliphatic rings. The van der Waals surface area contributed by atoms with Gasteiger partial charge in [-0.05, 0) is 19.3 Å². The van der Waals surface area contributed by atoms with Gasteiger partial charge in [0.2, 0.25) is 0 Å². The predicted molar refractivity (Wildman–Crippen MR) is 109 cm³/mol. The van der Waals surface area contributed by atoms with Crippen LogP contribution < -0.4 is 5.73 Å². The highest BCUT2D eigenvalue weighted by Crippen LogP contribution is 2.23. The van der Waals surface area contributed by atoms with Gasteiger partial charge in [-0.1, -0.05) is 97.8 Å². The molecule has 0 saturated heterocycles. The molecular formula is C22H45NO2. The topological polar surface area (TPSA) is 63.3 Å². The number of nitrogens with two attached hydrogens (primary N) is 1. The first-order valence-corrected chi connectivity index (χ1v) is 11.0. The molecule has 150 valence electrons. The summed E-state index contributed by atoms with van der Waals surface area (Å²) < 4.78 is 0. The normalized spacial score (nSPS) is 15.1. The van der Waals surface area contributed by atoms with E-state index in [1.807, 2.05) is 13.8 Å². The van der Waals surface area contributed by atoms with Gasteiger partial charge in [0.1, 0.15) is 11.5 Å². The monoisotopic (exact) mass is 355 g/mol. The van der Waals surface area contributed by atoms with E-state index in [1.165, 1.54) is 70.6 Å². The number of ketones is 1. The van der Waals surface area contributed by atoms with E-state index in [2.05, 4.69) is 6.92 Å². The van der Waals surface area contributed by atoms with Crippen molar-refractivity contribution < 1.29 is 9.90 Å². The van der Waals surface area contributed by atoms with Crippen molar-refractivity contribution in [2.45, 2.75) is 129 Å². The lowest BCUT2D eigenvalue weighted by molar-refractivity contribution is -0.132. The molecule has 25 heavy (non-hydrogen) atoms. The fraction of sp³-hybridized carbons (Fsp3) is 0.955. The van der Waals surface area contributed by atoms with E-state index in [-0.39, 0.29) is 5.78 Å². The Balaban J connectivity index is 3.50. The zero-order chi connectivity index (χ0) is 19.0. The summed E-state index contributed by atoms with van der Waals surface area (Å²) in [5.74, 6) is -0.271. The van der Waals surface area contributed by atoms with Gasteiger partial charge in [-0.25, -0.2) is 0 Å². The summed E-state index contributed by atoms with van der Waals surface area (Å²) in [4.78, 5) is 12.2. The molecular weight excluding hydrogens is 310 g/mol. The van der Waals surface area contributed by atoms with Crippen molar-refractivity contribution in [1.82, 2.24) is 0 Å². The molecule has 0 aromatic carbocycles. The molecule has 0 fully saturated rings. The highest BCUT2D eigenvalue weighted by atomic mass is 16.3. The standard InChI is InChI=1S/C22H45NO2/c1-4-7-8-9-10-11-12-13-14-15-16-17-18-19-21(24)20(5-2)22(23,25)6-3/h20,25H,4-19,23H2,1-3H3. The lowest BCUT2D eigenvalue weighted by atomic mass is 9.85. The average Bonchev–Trinajstić information content (AvgIpc) is 2.59. The number of hydrogen-bond acceptors (Lipinski definition) is 3. The highest BCUT2D eigenvalue weighted by molar-refractivity contribution is 5.82. The first-order chi connectivity index (χ1) is 12.0. The third-order valence-electron chi connectivity index (χ3n) is 5.49. The van der Waals surface area contributed by atoms with Crippen molar-refractivity contribution in [1.29, 1.82) is 0 Å². The Hall–Kier alpha value is -0.410. The van der Waals surface area contributed by atoms with Crippen molar-refractivity contribution in [2.24, 2.45) is 11.7 Å². The van der Waals surface area contributed by atoms with Gasteiger partial charge in [0.05, 0.1) is 5.92 Å². The molecule has 3 nitrogen and oxygen atoms in total. The summed E-state index contributed by atoms with van der Waals surface area (Å²) in [5.41, 5.74) is 4.52. The maximum absolute atomic E-state index is 12.2. The Morgan fingerprint density at radius 1 is 0.800 bits per heavy atom. The second-order valence-corrected chi connectivity index (χ2v) is 7.76. The number of unbranched alkanes of at least 4 members (excludes halogenated alkanes) is 12. The zero-order valence-electron chi connectivity index (χ0n) is 17.3. The van der Waals surface area contributed by atoms with Crippen molar-refractivity contribution in [3.05, 3.63) is 0 Å². The minimum Gasteiger partial charge on any atom is -0.375 e. The van der Waals surface area contributed by atoms with Gasteiger partial charge >= 0.3 is 0 Å². The summed E-state index contributed by atoms with van der Waals surface area (Å²) in [6, 6.07) is 0. The number of Topliss-reactive ketones (excluding diaryl/α,β-unsaturated/α-hetero) is 1. The fourth-order valence-corrected chi connectivity index (χ4v) is 3.60. The van der Waals surface area contributed by atoms with Crippen molar-refractivity contribution in [3.8, 4) is 0 Å². The van der Waals surface area contributed by atoms with Crippen molar-refractivity contribution >= 4 is 5.78 Å². The van der Waals surface area contributed by atoms with Gasteiger partial charge in [-0.3, -0.25) is 4.79 Å². The summed E-state index contributed by atoms with van der Waals surface area (Å²) in [6.07, 6.45) is 18.6. The molecule has 0 bridgehead atoms. The van der Waals surface area contributed by atoms with Gasteiger partial charge in [0, 0.05) is 6.42 Å². The number of aliphatic hydroxyl groups is 1. The zero-order valence-corrected chi connectivity index (χ0v) is 17.3. The van der Waals surface area contributed by atoms with E-state index in [4.69, 9.17) is 5.73 Å². The Labute approximate surface area is 157 Å². The summed E-state index contributed by atoms with van der Waals surface area (Å²) in [7, 11) is 0. The molecule has 0 aromatic rings. The third kappa shape index (κ3) is 12.6. The van der Waals surface area contributed by atoms with E-state index in [0.717, 1.165) is 12.8 Å². The van der Waals surface area contributed by atoms with Crippen LogP contribution in [0.25, 0.3) is 0 Å². The molecule has 3 N–H and O–H groups in total. The summed E-state index contributed by atoms with van der Waals surface area (Å²) >= 11 is 0. The molecule has 0 rings (SSSR count). The van der Waals surface area contributed by atoms with Gasteiger partial charge in [-0.15, -0.1) is 0 Å². The highest BCUT2D eigenvalue weighted by Gasteiger charge is 2.34. The molecule has 2 atom stereocenters. The number of carbonyl (C=O) groups is 1. The maximum Gasteiger partial charge on any atom is 0.140 e. The van der Waals surface area contributed by atoms with Crippen LogP contribution in [0, 0.1) is 5.92 Å². The molecule has 0 aliphatic heterocycles. The smallest absolute Gasteiger partial charge is 0.140 e. The molecule has 0 amide bonds. The average molecular weight is 356 g/mol. The molecule has 0 spiro atoms. The van der Waals surface area contributed by atoms with Crippen LogP contribution in [0.2, 0.25) is 0 Å². The van der Waals surface area contributed by atoms with Gasteiger partial charge in [-0.2, -0.15) is 0 Å². The molecule has 0 aromatic heterocycles. The quantitative estimate of drug-likeness (QED) is 0.230. The van der Waals surface area contributed by atoms with E-state index >= 15 is 0 Å².